The van der Waals surface area contributed by atoms with E-state index in [1.165, 1.54) is 6.26 Å². The second kappa shape index (κ2) is 8.47. The molecule has 0 aliphatic carbocycles. The van der Waals surface area contributed by atoms with Crippen molar-refractivity contribution < 1.29 is 26.7 Å². The van der Waals surface area contributed by atoms with E-state index >= 15 is 0 Å². The average molecular weight is 392 g/mol. The molecule has 1 nitrogen and oxygen atoms in total. The first kappa shape index (κ1) is 19.9. The Morgan fingerprint density at radius 1 is 0.929 bits per heavy atom. The second-order valence-corrected chi connectivity index (χ2v) is 6.55. The Hall–Kier alpha value is -2.81. The van der Waals surface area contributed by atoms with Crippen molar-refractivity contribution in [1.29, 1.82) is 0 Å². The van der Waals surface area contributed by atoms with Crippen molar-refractivity contribution in [3.8, 4) is 11.8 Å². The van der Waals surface area contributed by atoms with Crippen LogP contribution in [-0.4, -0.2) is 6.10 Å². The normalized spacial score (nSPS) is 16.1. The highest BCUT2D eigenvalue weighted by atomic mass is 19.2. The molecule has 0 saturated carbocycles. The van der Waals surface area contributed by atoms with Gasteiger partial charge in [-0.15, -0.1) is 0 Å². The Morgan fingerprint density at radius 3 is 2.11 bits per heavy atom. The first-order valence-corrected chi connectivity index (χ1v) is 8.89. The summed E-state index contributed by atoms with van der Waals surface area (Å²) in [6.07, 6.45) is 4.98. The van der Waals surface area contributed by atoms with Gasteiger partial charge in [-0.1, -0.05) is 25.2 Å². The minimum atomic E-state index is -1.63. The Labute approximate surface area is 159 Å². The standard InChI is InChI=1S/C22H17F5O/c1-2-3-16-6-5-14(12-28-16)15-10-18(23)17(19(24)11-15)7-4-13-8-20(25)22(27)21(26)9-13/h8-12,16H,2-3,5-6H2,1H3. The van der Waals surface area contributed by atoms with Gasteiger partial charge in [0.05, 0.1) is 17.9 Å². The molecule has 0 N–H and O–H groups in total. The molecule has 0 aromatic heterocycles. The van der Waals surface area contributed by atoms with Crippen molar-refractivity contribution in [2.24, 2.45) is 0 Å². The predicted molar refractivity (Wildman–Crippen MR) is 95.6 cm³/mol. The number of hydrogen-bond acceptors (Lipinski definition) is 1. The number of ether oxygens (including phenoxy) is 1. The summed E-state index contributed by atoms with van der Waals surface area (Å²) in [4.78, 5) is 0. The molecule has 0 radical (unpaired) electrons. The van der Waals surface area contributed by atoms with Crippen LogP contribution in [0.25, 0.3) is 5.57 Å². The molecule has 28 heavy (non-hydrogen) atoms. The Balaban J connectivity index is 1.86. The zero-order chi connectivity index (χ0) is 20.3. The lowest BCUT2D eigenvalue weighted by atomic mass is 9.96. The zero-order valence-corrected chi connectivity index (χ0v) is 15.1. The molecule has 2 aromatic carbocycles. The van der Waals surface area contributed by atoms with E-state index in [2.05, 4.69) is 18.8 Å². The maximum absolute atomic E-state index is 14.4. The molecule has 1 aliphatic rings. The molecule has 146 valence electrons. The highest BCUT2D eigenvalue weighted by Gasteiger charge is 2.18. The third kappa shape index (κ3) is 4.36. The van der Waals surface area contributed by atoms with Crippen LogP contribution in [0.2, 0.25) is 0 Å². The van der Waals surface area contributed by atoms with Crippen LogP contribution in [0.3, 0.4) is 0 Å². The minimum Gasteiger partial charge on any atom is -0.498 e. The van der Waals surface area contributed by atoms with Crippen LogP contribution in [0.15, 0.2) is 30.5 Å². The minimum absolute atomic E-state index is 0.116. The van der Waals surface area contributed by atoms with E-state index in [0.717, 1.165) is 31.4 Å². The van der Waals surface area contributed by atoms with Gasteiger partial charge in [0.2, 0.25) is 0 Å². The molecule has 6 heteroatoms. The Kier molecular flexibility index (Phi) is 6.03. The molecule has 0 bridgehead atoms. The molecule has 1 aliphatic heterocycles. The molecule has 1 unspecified atom stereocenters. The molecule has 1 atom stereocenters. The van der Waals surface area contributed by atoms with E-state index < -0.39 is 34.6 Å². The first-order chi connectivity index (χ1) is 13.4. The summed E-state index contributed by atoms with van der Waals surface area (Å²) < 4.78 is 73.7. The van der Waals surface area contributed by atoms with Gasteiger partial charge in [-0.2, -0.15) is 0 Å². The predicted octanol–water partition coefficient (Wildman–Crippen LogP) is 6.10. The van der Waals surface area contributed by atoms with E-state index in [4.69, 9.17) is 4.74 Å². The van der Waals surface area contributed by atoms with Gasteiger partial charge in [0, 0.05) is 5.56 Å². The van der Waals surface area contributed by atoms with Gasteiger partial charge in [0.25, 0.3) is 0 Å². The zero-order valence-electron chi connectivity index (χ0n) is 15.1. The molecule has 0 saturated heterocycles. The van der Waals surface area contributed by atoms with E-state index in [9.17, 15) is 22.0 Å². The molecule has 0 spiro atoms. The fourth-order valence-electron chi connectivity index (χ4n) is 3.01. The summed E-state index contributed by atoms with van der Waals surface area (Å²) in [5.74, 6) is -1.81. The number of hydrogen-bond donors (Lipinski definition) is 0. The second-order valence-electron chi connectivity index (χ2n) is 6.55. The fraction of sp³-hybridized carbons (Fsp3) is 0.273. The Morgan fingerprint density at radius 2 is 1.57 bits per heavy atom. The SMILES string of the molecule is CCCC1CCC(c2cc(F)c(C#Cc3cc(F)c(F)c(F)c3)c(F)c2)=CO1. The number of halogens is 5. The molecular weight excluding hydrogens is 375 g/mol. The van der Waals surface area contributed by atoms with Crippen LogP contribution < -0.4 is 0 Å². The number of benzene rings is 2. The van der Waals surface area contributed by atoms with Crippen molar-refractivity contribution in [3.63, 3.8) is 0 Å². The molecule has 2 aromatic rings. The first-order valence-electron chi connectivity index (χ1n) is 8.89. The third-order valence-electron chi connectivity index (χ3n) is 4.48. The average Bonchev–Trinajstić information content (AvgIpc) is 2.66. The van der Waals surface area contributed by atoms with Crippen LogP contribution in [-0.2, 0) is 4.74 Å². The Bertz CT molecular complexity index is 938. The smallest absolute Gasteiger partial charge is 0.194 e. The third-order valence-corrected chi connectivity index (χ3v) is 4.48. The lowest BCUT2D eigenvalue weighted by Gasteiger charge is -2.23. The quantitative estimate of drug-likeness (QED) is 0.348. The van der Waals surface area contributed by atoms with E-state index in [0.29, 0.717) is 29.7 Å². The van der Waals surface area contributed by atoms with Crippen molar-refractivity contribution in [2.75, 3.05) is 0 Å². The van der Waals surface area contributed by atoms with Crippen molar-refractivity contribution in [2.45, 2.75) is 38.7 Å². The van der Waals surface area contributed by atoms with Gasteiger partial charge in [0.1, 0.15) is 11.6 Å². The van der Waals surface area contributed by atoms with E-state index in [-0.39, 0.29) is 11.7 Å². The fourth-order valence-corrected chi connectivity index (χ4v) is 3.01. The van der Waals surface area contributed by atoms with E-state index in [1.54, 1.807) is 0 Å². The van der Waals surface area contributed by atoms with Crippen LogP contribution >= 0.6 is 0 Å². The van der Waals surface area contributed by atoms with Gasteiger partial charge in [-0.25, -0.2) is 22.0 Å². The molecule has 0 fully saturated rings. The molecule has 1 heterocycles. The van der Waals surface area contributed by atoms with Crippen molar-refractivity contribution in [3.05, 3.63) is 76.3 Å². The summed E-state index contributed by atoms with van der Waals surface area (Å²) in [5, 5.41) is 0. The molecule has 0 amide bonds. The number of allylic oxidation sites excluding steroid dienone is 1. The van der Waals surface area contributed by atoms with Gasteiger partial charge in [-0.05, 0) is 54.7 Å². The van der Waals surface area contributed by atoms with Gasteiger partial charge in [0.15, 0.2) is 17.5 Å². The highest BCUT2D eigenvalue weighted by Crippen LogP contribution is 2.30. The van der Waals surface area contributed by atoms with Crippen LogP contribution in [0.1, 0.15) is 49.3 Å². The van der Waals surface area contributed by atoms with Gasteiger partial charge >= 0.3 is 0 Å². The largest absolute Gasteiger partial charge is 0.498 e. The summed E-state index contributed by atoms with van der Waals surface area (Å²) in [6, 6.07) is 3.61. The molecular formula is C22H17F5O. The van der Waals surface area contributed by atoms with Gasteiger partial charge < -0.3 is 4.74 Å². The van der Waals surface area contributed by atoms with E-state index in [1.807, 2.05) is 0 Å². The highest BCUT2D eigenvalue weighted by molar-refractivity contribution is 5.66. The van der Waals surface area contributed by atoms with Crippen LogP contribution in [0.4, 0.5) is 22.0 Å². The van der Waals surface area contributed by atoms with Crippen LogP contribution in [0, 0.1) is 40.9 Å². The lowest BCUT2D eigenvalue weighted by Crippen LogP contribution is -2.14. The maximum atomic E-state index is 14.4. The van der Waals surface area contributed by atoms with Crippen LogP contribution in [0.5, 0.6) is 0 Å². The monoisotopic (exact) mass is 392 g/mol. The molecule has 3 rings (SSSR count). The topological polar surface area (TPSA) is 9.23 Å². The van der Waals surface area contributed by atoms with Crippen molar-refractivity contribution >= 4 is 5.57 Å². The van der Waals surface area contributed by atoms with Crippen molar-refractivity contribution in [1.82, 2.24) is 0 Å². The summed E-state index contributed by atoms with van der Waals surface area (Å²) in [7, 11) is 0. The summed E-state index contributed by atoms with van der Waals surface area (Å²) >= 11 is 0. The summed E-state index contributed by atoms with van der Waals surface area (Å²) in [5.41, 5.74) is 0.279. The number of rotatable bonds is 3. The van der Waals surface area contributed by atoms with Gasteiger partial charge in [-0.3, -0.25) is 0 Å². The summed E-state index contributed by atoms with van der Waals surface area (Å²) in [6.45, 7) is 2.06. The maximum Gasteiger partial charge on any atom is 0.194 e. The lowest BCUT2D eigenvalue weighted by molar-refractivity contribution is 0.118.